The second kappa shape index (κ2) is 7.37. The van der Waals surface area contributed by atoms with Crippen LogP contribution in [-0.2, 0) is 10.9 Å². The van der Waals surface area contributed by atoms with Gasteiger partial charge >= 0.3 is 6.18 Å². The smallest absolute Gasteiger partial charge is 0.395 e. The molecule has 1 N–H and O–H groups in total. The van der Waals surface area contributed by atoms with E-state index in [1.54, 1.807) is 0 Å². The molecular formula is C13H15F4NO3. The van der Waals surface area contributed by atoms with Gasteiger partial charge in [-0.15, -0.1) is 0 Å². The van der Waals surface area contributed by atoms with Crippen LogP contribution >= 0.6 is 0 Å². The summed E-state index contributed by atoms with van der Waals surface area (Å²) in [6.07, 6.45) is -4.67. The molecule has 0 atom stereocenters. The first-order chi connectivity index (χ1) is 9.81. The molecule has 0 radical (unpaired) electrons. The number of ether oxygens (including phenoxy) is 1. The van der Waals surface area contributed by atoms with E-state index in [0.29, 0.717) is 18.2 Å². The molecule has 0 saturated carbocycles. The highest BCUT2D eigenvalue weighted by Gasteiger charge is 2.32. The van der Waals surface area contributed by atoms with E-state index in [2.05, 4.69) is 0 Å². The van der Waals surface area contributed by atoms with E-state index in [1.807, 2.05) is 0 Å². The van der Waals surface area contributed by atoms with Crippen LogP contribution in [0.5, 0.6) is 0 Å². The highest BCUT2D eigenvalue weighted by atomic mass is 19.4. The topological polar surface area (TPSA) is 49.8 Å². The summed E-state index contributed by atoms with van der Waals surface area (Å²) < 4.78 is 56.2. The number of amides is 1. The van der Waals surface area contributed by atoms with E-state index in [9.17, 15) is 22.4 Å². The molecule has 0 fully saturated rings. The van der Waals surface area contributed by atoms with Gasteiger partial charge in [-0.3, -0.25) is 4.79 Å². The number of aliphatic hydroxyl groups excluding tert-OH is 1. The Hall–Kier alpha value is -1.67. The fourth-order valence-corrected chi connectivity index (χ4v) is 1.67. The van der Waals surface area contributed by atoms with Crippen LogP contribution in [0.25, 0.3) is 0 Å². The van der Waals surface area contributed by atoms with E-state index in [0.717, 1.165) is 4.90 Å². The largest absolute Gasteiger partial charge is 0.416 e. The Morgan fingerprint density at radius 2 is 2.00 bits per heavy atom. The number of nitrogens with zero attached hydrogens (tertiary/aromatic N) is 1. The van der Waals surface area contributed by atoms with Gasteiger partial charge in [0, 0.05) is 20.2 Å². The van der Waals surface area contributed by atoms with Crippen molar-refractivity contribution in [1.29, 1.82) is 0 Å². The molecule has 1 aromatic rings. The summed E-state index contributed by atoms with van der Waals surface area (Å²) in [5.41, 5.74) is -1.79. The Kier molecular flexibility index (Phi) is 6.10. The molecule has 0 aliphatic heterocycles. The predicted octanol–water partition coefficient (Wildman–Crippen LogP) is 1.93. The zero-order chi connectivity index (χ0) is 16.0. The van der Waals surface area contributed by atoms with Crippen LogP contribution < -0.4 is 0 Å². The maximum absolute atomic E-state index is 13.6. The normalized spacial score (nSPS) is 11.5. The highest BCUT2D eigenvalue weighted by Crippen LogP contribution is 2.30. The quantitative estimate of drug-likeness (QED) is 0.817. The van der Waals surface area contributed by atoms with Gasteiger partial charge in [-0.25, -0.2) is 4.39 Å². The second-order valence-electron chi connectivity index (χ2n) is 4.20. The van der Waals surface area contributed by atoms with Gasteiger partial charge in [0.05, 0.1) is 24.3 Å². The monoisotopic (exact) mass is 309 g/mol. The van der Waals surface area contributed by atoms with E-state index in [-0.39, 0.29) is 19.7 Å². The van der Waals surface area contributed by atoms with Crippen molar-refractivity contribution >= 4 is 5.91 Å². The van der Waals surface area contributed by atoms with Gasteiger partial charge in [-0.05, 0) is 18.2 Å². The third kappa shape index (κ3) is 4.68. The lowest BCUT2D eigenvalue weighted by atomic mass is 10.1. The maximum atomic E-state index is 13.6. The van der Waals surface area contributed by atoms with Crippen molar-refractivity contribution in [1.82, 2.24) is 4.90 Å². The minimum absolute atomic E-state index is 0.0333. The third-order valence-corrected chi connectivity index (χ3v) is 2.75. The summed E-state index contributed by atoms with van der Waals surface area (Å²) >= 11 is 0. The van der Waals surface area contributed by atoms with E-state index >= 15 is 0 Å². The van der Waals surface area contributed by atoms with Crippen LogP contribution in [0, 0.1) is 5.82 Å². The molecule has 0 heterocycles. The minimum atomic E-state index is -4.67. The third-order valence-electron chi connectivity index (χ3n) is 2.75. The minimum Gasteiger partial charge on any atom is -0.395 e. The van der Waals surface area contributed by atoms with Crippen LogP contribution in [0.1, 0.15) is 15.9 Å². The Balaban J connectivity index is 3.08. The first kappa shape index (κ1) is 17.4. The molecule has 0 aromatic heterocycles. The molecule has 0 aliphatic carbocycles. The lowest BCUT2D eigenvalue weighted by molar-refractivity contribution is -0.137. The highest BCUT2D eigenvalue weighted by molar-refractivity contribution is 5.94. The molecule has 0 saturated heterocycles. The molecule has 118 valence electrons. The number of aliphatic hydroxyl groups is 1. The lowest BCUT2D eigenvalue weighted by Crippen LogP contribution is -2.36. The molecule has 1 rings (SSSR count). The molecule has 8 heteroatoms. The average molecular weight is 309 g/mol. The van der Waals surface area contributed by atoms with Gasteiger partial charge in [-0.1, -0.05) is 0 Å². The molecule has 0 unspecified atom stereocenters. The number of hydrogen-bond donors (Lipinski definition) is 1. The Morgan fingerprint density at radius 3 is 2.52 bits per heavy atom. The lowest BCUT2D eigenvalue weighted by Gasteiger charge is -2.22. The van der Waals surface area contributed by atoms with Gasteiger partial charge in [0.15, 0.2) is 0 Å². The number of rotatable bonds is 6. The summed E-state index contributed by atoms with van der Waals surface area (Å²) in [4.78, 5) is 13.1. The molecule has 0 bridgehead atoms. The Labute approximate surface area is 118 Å². The second-order valence-corrected chi connectivity index (χ2v) is 4.20. The predicted molar refractivity (Wildman–Crippen MR) is 66.3 cm³/mol. The first-order valence-corrected chi connectivity index (χ1v) is 6.07. The van der Waals surface area contributed by atoms with Crippen LogP contribution in [0.4, 0.5) is 17.6 Å². The van der Waals surface area contributed by atoms with Crippen molar-refractivity contribution < 1.29 is 32.2 Å². The van der Waals surface area contributed by atoms with Crippen molar-refractivity contribution in [3.63, 3.8) is 0 Å². The van der Waals surface area contributed by atoms with Crippen molar-refractivity contribution in [3.05, 3.63) is 35.1 Å². The number of carbonyl (C=O) groups excluding carboxylic acids is 1. The fraction of sp³-hybridized carbons (Fsp3) is 0.462. The maximum Gasteiger partial charge on any atom is 0.416 e. The number of halogens is 4. The van der Waals surface area contributed by atoms with Crippen molar-refractivity contribution in [2.45, 2.75) is 6.18 Å². The zero-order valence-electron chi connectivity index (χ0n) is 11.3. The Morgan fingerprint density at radius 1 is 1.33 bits per heavy atom. The van der Waals surface area contributed by atoms with E-state index < -0.39 is 35.6 Å². The number of carbonyl (C=O) groups is 1. The van der Waals surface area contributed by atoms with Crippen LogP contribution in [0.2, 0.25) is 0 Å². The number of methoxy groups -OCH3 is 1. The Bertz CT molecular complexity index is 491. The fourth-order valence-electron chi connectivity index (χ4n) is 1.67. The van der Waals surface area contributed by atoms with Crippen LogP contribution in [0.15, 0.2) is 18.2 Å². The zero-order valence-corrected chi connectivity index (χ0v) is 11.3. The van der Waals surface area contributed by atoms with Gasteiger partial charge in [0.2, 0.25) is 0 Å². The van der Waals surface area contributed by atoms with Gasteiger partial charge in [0.1, 0.15) is 5.82 Å². The molecule has 21 heavy (non-hydrogen) atoms. The number of alkyl halides is 3. The molecule has 1 aromatic carbocycles. The van der Waals surface area contributed by atoms with Gasteiger partial charge in [0.25, 0.3) is 5.91 Å². The molecule has 0 spiro atoms. The van der Waals surface area contributed by atoms with E-state index in [1.165, 1.54) is 7.11 Å². The molecule has 1 amide bonds. The average Bonchev–Trinajstić information content (AvgIpc) is 2.42. The SMILES string of the molecule is COCCN(CCO)C(=O)c1cc(C(F)(F)F)ccc1F. The standard InChI is InChI=1S/C13H15F4NO3/c1-21-7-5-18(4-6-19)12(20)10-8-9(13(15,16)17)2-3-11(10)14/h2-3,8,19H,4-7H2,1H3. The van der Waals surface area contributed by atoms with E-state index in [4.69, 9.17) is 9.84 Å². The van der Waals surface area contributed by atoms with Gasteiger partial charge in [-0.2, -0.15) is 13.2 Å². The van der Waals surface area contributed by atoms with Crippen molar-refractivity contribution in [2.75, 3.05) is 33.4 Å². The van der Waals surface area contributed by atoms with Crippen molar-refractivity contribution in [2.24, 2.45) is 0 Å². The van der Waals surface area contributed by atoms with Crippen molar-refractivity contribution in [3.8, 4) is 0 Å². The van der Waals surface area contributed by atoms with Gasteiger partial charge < -0.3 is 14.7 Å². The summed E-state index contributed by atoms with van der Waals surface area (Å²) in [6, 6.07) is 1.63. The number of benzene rings is 1. The summed E-state index contributed by atoms with van der Waals surface area (Å²) in [5.74, 6) is -1.97. The molecule has 0 aliphatic rings. The summed E-state index contributed by atoms with van der Waals surface area (Å²) in [6.45, 7) is -0.369. The first-order valence-electron chi connectivity index (χ1n) is 6.07. The summed E-state index contributed by atoms with van der Waals surface area (Å²) in [5, 5.41) is 8.88. The van der Waals surface area contributed by atoms with Crippen LogP contribution in [-0.4, -0.2) is 49.3 Å². The summed E-state index contributed by atoms with van der Waals surface area (Å²) in [7, 11) is 1.38. The number of hydrogen-bond acceptors (Lipinski definition) is 3. The molecular weight excluding hydrogens is 294 g/mol. The van der Waals surface area contributed by atoms with Crippen LogP contribution in [0.3, 0.4) is 0 Å². The molecule has 4 nitrogen and oxygen atoms in total.